The number of esters is 1. The topological polar surface area (TPSA) is 66.8 Å². The number of ether oxygens (including phenoxy) is 1. The minimum atomic E-state index is -0.927. The van der Waals surface area contributed by atoms with Crippen LogP contribution in [0.15, 0.2) is 24.3 Å². The summed E-state index contributed by atoms with van der Waals surface area (Å²) >= 11 is 0. The summed E-state index contributed by atoms with van der Waals surface area (Å²) in [5.74, 6) is -1.13. The molecule has 0 unspecified atom stereocenters. The van der Waals surface area contributed by atoms with Crippen LogP contribution < -0.4 is 0 Å². The maximum atomic E-state index is 11.7. The smallest absolute Gasteiger partial charge is 0.335 e. The highest BCUT2D eigenvalue weighted by Crippen LogP contribution is 2.26. The Kier molecular flexibility index (Phi) is 5.33. The molecule has 0 atom stereocenters. The van der Waals surface area contributed by atoms with Crippen LogP contribution in [0, 0.1) is 0 Å². The van der Waals surface area contributed by atoms with Gasteiger partial charge in [-0.25, -0.2) is 4.79 Å². The van der Waals surface area contributed by atoms with E-state index < -0.39 is 5.97 Å². The van der Waals surface area contributed by atoms with Gasteiger partial charge >= 0.3 is 11.9 Å². The summed E-state index contributed by atoms with van der Waals surface area (Å²) in [6.45, 7) is 3.13. The molecule has 1 aromatic rings. The van der Waals surface area contributed by atoms with Crippen LogP contribution in [-0.4, -0.2) is 41.1 Å². The first-order chi connectivity index (χ1) is 10.1. The Morgan fingerprint density at radius 2 is 1.95 bits per heavy atom. The molecule has 1 aliphatic rings. The van der Waals surface area contributed by atoms with Crippen LogP contribution in [0.1, 0.15) is 42.1 Å². The Balaban J connectivity index is 2.00. The third-order valence-corrected chi connectivity index (χ3v) is 3.82. The average molecular weight is 291 g/mol. The predicted molar refractivity (Wildman–Crippen MR) is 78.1 cm³/mol. The van der Waals surface area contributed by atoms with Crippen LogP contribution in [0.4, 0.5) is 0 Å². The molecular formula is C16H21NO4. The third kappa shape index (κ3) is 4.29. The van der Waals surface area contributed by atoms with Gasteiger partial charge in [0.2, 0.25) is 0 Å². The van der Waals surface area contributed by atoms with Crippen LogP contribution in [0.25, 0.3) is 0 Å². The van der Waals surface area contributed by atoms with Gasteiger partial charge in [-0.1, -0.05) is 18.6 Å². The van der Waals surface area contributed by atoms with E-state index in [9.17, 15) is 9.59 Å². The first-order valence-electron chi connectivity index (χ1n) is 7.32. The lowest BCUT2D eigenvalue weighted by molar-refractivity contribution is -0.145. The van der Waals surface area contributed by atoms with Crippen molar-refractivity contribution >= 4 is 11.9 Å². The van der Waals surface area contributed by atoms with Crippen molar-refractivity contribution in [3.05, 3.63) is 35.4 Å². The van der Waals surface area contributed by atoms with Crippen LogP contribution in [0.2, 0.25) is 0 Å². The van der Waals surface area contributed by atoms with E-state index in [4.69, 9.17) is 9.84 Å². The maximum absolute atomic E-state index is 11.7. The number of nitrogens with zero attached hydrogens (tertiary/aromatic N) is 1. The lowest BCUT2D eigenvalue weighted by atomic mass is 9.91. The number of carbonyl (C=O) groups is 2. The van der Waals surface area contributed by atoms with E-state index >= 15 is 0 Å². The van der Waals surface area contributed by atoms with Crippen molar-refractivity contribution in [2.45, 2.75) is 38.8 Å². The molecule has 1 saturated carbocycles. The number of carboxylic acids is 1. The normalized spacial score (nSPS) is 14.8. The summed E-state index contributed by atoms with van der Waals surface area (Å²) in [5.41, 5.74) is 1.29. The fourth-order valence-electron chi connectivity index (χ4n) is 2.43. The minimum Gasteiger partial charge on any atom is -0.478 e. The Morgan fingerprint density at radius 1 is 1.29 bits per heavy atom. The molecule has 0 bridgehead atoms. The van der Waals surface area contributed by atoms with E-state index in [2.05, 4.69) is 4.90 Å². The van der Waals surface area contributed by atoms with Crippen LogP contribution in [-0.2, 0) is 16.1 Å². The van der Waals surface area contributed by atoms with Crippen molar-refractivity contribution in [1.82, 2.24) is 4.90 Å². The van der Waals surface area contributed by atoms with Crippen LogP contribution >= 0.6 is 0 Å². The SMILES string of the molecule is CCOC(=O)CN(Cc1ccc(C(=O)O)cc1)C1CCC1. The van der Waals surface area contributed by atoms with Gasteiger partial charge in [0.25, 0.3) is 0 Å². The molecule has 5 heteroatoms. The highest BCUT2D eigenvalue weighted by Gasteiger charge is 2.27. The molecule has 0 amide bonds. The van der Waals surface area contributed by atoms with Gasteiger partial charge in [0.05, 0.1) is 18.7 Å². The van der Waals surface area contributed by atoms with Crippen LogP contribution in [0.3, 0.4) is 0 Å². The summed E-state index contributed by atoms with van der Waals surface area (Å²) in [6, 6.07) is 7.23. The molecule has 0 aliphatic heterocycles. The Hall–Kier alpha value is -1.88. The molecule has 114 valence electrons. The summed E-state index contributed by atoms with van der Waals surface area (Å²) in [5, 5.41) is 8.90. The molecule has 1 fully saturated rings. The van der Waals surface area contributed by atoms with Gasteiger partial charge in [-0.05, 0) is 37.5 Å². The van der Waals surface area contributed by atoms with Crippen molar-refractivity contribution in [3.8, 4) is 0 Å². The number of aromatic carboxylic acids is 1. The monoisotopic (exact) mass is 291 g/mol. The van der Waals surface area contributed by atoms with Gasteiger partial charge in [-0.15, -0.1) is 0 Å². The summed E-state index contributed by atoms with van der Waals surface area (Å²) in [6.07, 6.45) is 3.40. The summed E-state index contributed by atoms with van der Waals surface area (Å²) < 4.78 is 5.02. The molecule has 1 N–H and O–H groups in total. The molecule has 21 heavy (non-hydrogen) atoms. The van der Waals surface area contributed by atoms with E-state index in [0.717, 1.165) is 18.4 Å². The van der Waals surface area contributed by atoms with Gasteiger partial charge in [-0.2, -0.15) is 0 Å². The Bertz CT molecular complexity index is 494. The van der Waals surface area contributed by atoms with Crippen molar-refractivity contribution in [2.24, 2.45) is 0 Å². The number of carboxylic acid groups (broad SMARTS) is 1. The number of hydrogen-bond donors (Lipinski definition) is 1. The zero-order chi connectivity index (χ0) is 15.2. The second-order valence-electron chi connectivity index (χ2n) is 5.30. The standard InChI is InChI=1S/C16H21NO4/c1-2-21-15(18)11-17(14-4-3-5-14)10-12-6-8-13(9-7-12)16(19)20/h6-9,14H,2-5,10-11H2,1H3,(H,19,20). The minimum absolute atomic E-state index is 0.202. The summed E-state index contributed by atoms with van der Waals surface area (Å²) in [4.78, 5) is 24.7. The molecule has 1 aromatic carbocycles. The quantitative estimate of drug-likeness (QED) is 0.781. The van der Waals surface area contributed by atoms with Gasteiger partial charge in [0.1, 0.15) is 0 Å². The molecule has 1 aliphatic carbocycles. The number of hydrogen-bond acceptors (Lipinski definition) is 4. The zero-order valence-electron chi connectivity index (χ0n) is 12.2. The number of benzene rings is 1. The van der Waals surface area contributed by atoms with Gasteiger partial charge in [-0.3, -0.25) is 9.69 Å². The highest BCUT2D eigenvalue weighted by atomic mass is 16.5. The number of rotatable bonds is 7. The van der Waals surface area contributed by atoms with Crippen molar-refractivity contribution in [3.63, 3.8) is 0 Å². The maximum Gasteiger partial charge on any atom is 0.335 e. The van der Waals surface area contributed by atoms with Crippen molar-refractivity contribution in [2.75, 3.05) is 13.2 Å². The Morgan fingerprint density at radius 3 is 2.43 bits per heavy atom. The molecule has 2 rings (SSSR count). The molecule has 0 aromatic heterocycles. The fourth-order valence-corrected chi connectivity index (χ4v) is 2.43. The second kappa shape index (κ2) is 7.22. The van der Waals surface area contributed by atoms with Gasteiger partial charge < -0.3 is 9.84 Å². The van der Waals surface area contributed by atoms with Crippen LogP contribution in [0.5, 0.6) is 0 Å². The molecule has 0 spiro atoms. The molecule has 0 heterocycles. The highest BCUT2D eigenvalue weighted by molar-refractivity contribution is 5.87. The van der Waals surface area contributed by atoms with E-state index in [1.54, 1.807) is 31.2 Å². The molecule has 5 nitrogen and oxygen atoms in total. The molecular weight excluding hydrogens is 270 g/mol. The zero-order valence-corrected chi connectivity index (χ0v) is 12.2. The lowest BCUT2D eigenvalue weighted by Gasteiger charge is -2.36. The van der Waals surface area contributed by atoms with E-state index in [1.807, 2.05) is 0 Å². The first kappa shape index (κ1) is 15.5. The lowest BCUT2D eigenvalue weighted by Crippen LogP contribution is -2.43. The molecule has 0 radical (unpaired) electrons. The third-order valence-electron chi connectivity index (χ3n) is 3.82. The largest absolute Gasteiger partial charge is 0.478 e. The van der Waals surface area contributed by atoms with Crippen molar-refractivity contribution < 1.29 is 19.4 Å². The predicted octanol–water partition coefficient (Wildman–Crippen LogP) is 2.30. The van der Waals surface area contributed by atoms with Gasteiger partial charge in [0.15, 0.2) is 0 Å². The van der Waals surface area contributed by atoms with E-state index in [-0.39, 0.29) is 11.5 Å². The van der Waals surface area contributed by atoms with Gasteiger partial charge in [0, 0.05) is 12.6 Å². The van der Waals surface area contributed by atoms with Crippen molar-refractivity contribution in [1.29, 1.82) is 0 Å². The molecule has 0 saturated heterocycles. The number of carbonyl (C=O) groups excluding carboxylic acids is 1. The van der Waals surface area contributed by atoms with E-state index in [0.29, 0.717) is 25.7 Å². The average Bonchev–Trinajstić information content (AvgIpc) is 2.37. The van der Waals surface area contributed by atoms with E-state index in [1.165, 1.54) is 6.42 Å². The second-order valence-corrected chi connectivity index (χ2v) is 5.30. The fraction of sp³-hybridized carbons (Fsp3) is 0.500. The first-order valence-corrected chi connectivity index (χ1v) is 7.32. The summed E-state index contributed by atoms with van der Waals surface area (Å²) in [7, 11) is 0. The Labute approximate surface area is 124 Å².